The molecule has 0 aromatic rings. The smallest absolute Gasteiger partial charge is 0.323 e. The fraction of sp³-hybridized carbons (Fsp3) is 0.857. The Labute approximate surface area is 77.4 Å². The van der Waals surface area contributed by atoms with Crippen molar-refractivity contribution >= 4 is 16.0 Å². The molecule has 1 saturated carbocycles. The predicted octanol–water partition coefficient (Wildman–Crippen LogP) is -0.117. The van der Waals surface area contributed by atoms with Crippen molar-refractivity contribution in [3.63, 3.8) is 0 Å². The normalized spacial score (nSPS) is 20.2. The van der Waals surface area contributed by atoms with Crippen LogP contribution in [0.3, 0.4) is 0 Å². The molecule has 1 aliphatic carbocycles. The van der Waals surface area contributed by atoms with Gasteiger partial charge in [0.25, 0.3) is 0 Å². The Morgan fingerprint density at radius 1 is 1.54 bits per heavy atom. The van der Waals surface area contributed by atoms with Gasteiger partial charge >= 0.3 is 5.97 Å². The van der Waals surface area contributed by atoms with E-state index in [4.69, 9.17) is 5.11 Å². The third-order valence-corrected chi connectivity index (χ3v) is 4.45. The Balaban J connectivity index is 2.80. The van der Waals surface area contributed by atoms with E-state index >= 15 is 0 Å². The summed E-state index contributed by atoms with van der Waals surface area (Å²) in [6, 6.07) is 0.0202. The fourth-order valence-electron chi connectivity index (χ4n) is 1.02. The van der Waals surface area contributed by atoms with Crippen LogP contribution in [0.5, 0.6) is 0 Å². The molecule has 13 heavy (non-hydrogen) atoms. The molecule has 0 bridgehead atoms. The lowest BCUT2D eigenvalue weighted by atomic mass is 10.5. The predicted molar refractivity (Wildman–Crippen MR) is 46.8 cm³/mol. The highest BCUT2D eigenvalue weighted by Gasteiger charge is 2.39. The van der Waals surface area contributed by atoms with E-state index in [0.717, 1.165) is 12.8 Å². The van der Waals surface area contributed by atoms with Crippen LogP contribution in [0.4, 0.5) is 0 Å². The van der Waals surface area contributed by atoms with Crippen LogP contribution in [-0.4, -0.2) is 42.1 Å². The Morgan fingerprint density at radius 3 is 2.31 bits per heavy atom. The van der Waals surface area contributed by atoms with E-state index in [9.17, 15) is 13.2 Å². The van der Waals surface area contributed by atoms with Gasteiger partial charge in [-0.3, -0.25) is 4.79 Å². The Hall–Kier alpha value is -0.620. The molecule has 0 aromatic heterocycles. The van der Waals surface area contributed by atoms with Crippen molar-refractivity contribution in [2.75, 3.05) is 7.05 Å². The van der Waals surface area contributed by atoms with Gasteiger partial charge in [-0.1, -0.05) is 0 Å². The molecular weight excluding hydrogens is 194 g/mol. The number of carboxylic acids is 1. The third kappa shape index (κ3) is 2.00. The summed E-state index contributed by atoms with van der Waals surface area (Å²) in [6.45, 7) is 1.19. The van der Waals surface area contributed by atoms with Crippen LogP contribution in [-0.2, 0) is 14.8 Å². The second kappa shape index (κ2) is 3.26. The summed E-state index contributed by atoms with van der Waals surface area (Å²) in [7, 11) is -2.20. The lowest BCUT2D eigenvalue weighted by Gasteiger charge is -2.18. The average Bonchev–Trinajstić information content (AvgIpc) is 2.83. The van der Waals surface area contributed by atoms with Crippen LogP contribution in [0.1, 0.15) is 19.8 Å². The van der Waals surface area contributed by atoms with Crippen molar-refractivity contribution < 1.29 is 18.3 Å². The van der Waals surface area contributed by atoms with Gasteiger partial charge in [-0.2, -0.15) is 0 Å². The molecule has 1 rings (SSSR count). The first-order valence-corrected chi connectivity index (χ1v) is 5.57. The molecule has 5 nitrogen and oxygen atoms in total. The molecule has 0 spiro atoms. The molecule has 0 saturated heterocycles. The topological polar surface area (TPSA) is 74.7 Å². The minimum absolute atomic E-state index is 0.0202. The molecular formula is C7H13NO4S. The fourth-order valence-corrected chi connectivity index (χ4v) is 2.40. The number of hydrogen-bond donors (Lipinski definition) is 1. The van der Waals surface area contributed by atoms with Crippen molar-refractivity contribution in [2.24, 2.45) is 0 Å². The van der Waals surface area contributed by atoms with Gasteiger partial charge in [0, 0.05) is 13.1 Å². The van der Waals surface area contributed by atoms with Crippen LogP contribution >= 0.6 is 0 Å². The molecule has 0 aromatic carbocycles. The molecule has 76 valence electrons. The summed E-state index contributed by atoms with van der Waals surface area (Å²) in [5.74, 6) is -1.30. The van der Waals surface area contributed by atoms with Gasteiger partial charge in [0.2, 0.25) is 10.0 Å². The zero-order valence-electron chi connectivity index (χ0n) is 7.60. The maximum atomic E-state index is 11.5. The highest BCUT2D eigenvalue weighted by atomic mass is 32.2. The van der Waals surface area contributed by atoms with Gasteiger partial charge in [0.15, 0.2) is 5.25 Å². The Kier molecular flexibility index (Phi) is 2.63. The van der Waals surface area contributed by atoms with Gasteiger partial charge in [-0.15, -0.1) is 0 Å². The highest BCUT2D eigenvalue weighted by molar-refractivity contribution is 7.90. The molecule has 0 amide bonds. The monoisotopic (exact) mass is 207 g/mol. The zero-order chi connectivity index (χ0) is 10.2. The van der Waals surface area contributed by atoms with E-state index in [0.29, 0.717) is 0 Å². The van der Waals surface area contributed by atoms with Crippen LogP contribution < -0.4 is 0 Å². The maximum Gasteiger partial charge on any atom is 0.323 e. The highest BCUT2D eigenvalue weighted by Crippen LogP contribution is 2.28. The molecule has 0 heterocycles. The Morgan fingerprint density at radius 2 is 2.00 bits per heavy atom. The summed E-state index contributed by atoms with van der Waals surface area (Å²) in [5.41, 5.74) is 0. The number of sulfonamides is 1. The van der Waals surface area contributed by atoms with Crippen molar-refractivity contribution in [1.29, 1.82) is 0 Å². The van der Waals surface area contributed by atoms with Crippen LogP contribution in [0.2, 0.25) is 0 Å². The third-order valence-electron chi connectivity index (χ3n) is 2.26. The number of nitrogens with zero attached hydrogens (tertiary/aromatic N) is 1. The summed E-state index contributed by atoms with van der Waals surface area (Å²) in [5, 5.41) is 7.21. The Bertz CT molecular complexity index is 306. The second-order valence-electron chi connectivity index (χ2n) is 3.27. The molecule has 6 heteroatoms. The standard InChI is InChI=1S/C7H13NO4S/c1-5(7(9)10)13(11,12)8(2)6-3-4-6/h5-6H,3-4H2,1-2H3,(H,9,10). The van der Waals surface area contributed by atoms with Crippen LogP contribution in [0, 0.1) is 0 Å². The number of hydrogen-bond acceptors (Lipinski definition) is 3. The van der Waals surface area contributed by atoms with E-state index in [2.05, 4.69) is 0 Å². The van der Waals surface area contributed by atoms with Crippen molar-refractivity contribution in [1.82, 2.24) is 4.31 Å². The number of carboxylic acid groups (broad SMARTS) is 1. The van der Waals surface area contributed by atoms with E-state index < -0.39 is 21.2 Å². The van der Waals surface area contributed by atoms with E-state index in [1.54, 1.807) is 0 Å². The molecule has 1 N–H and O–H groups in total. The average molecular weight is 207 g/mol. The van der Waals surface area contributed by atoms with Gasteiger partial charge < -0.3 is 5.11 Å². The van der Waals surface area contributed by atoms with Crippen LogP contribution in [0.15, 0.2) is 0 Å². The van der Waals surface area contributed by atoms with Gasteiger partial charge in [0.1, 0.15) is 0 Å². The summed E-state index contributed by atoms with van der Waals surface area (Å²) in [6.07, 6.45) is 1.67. The summed E-state index contributed by atoms with van der Waals surface area (Å²) >= 11 is 0. The van der Waals surface area contributed by atoms with Crippen LogP contribution in [0.25, 0.3) is 0 Å². The molecule has 1 unspecified atom stereocenters. The van der Waals surface area contributed by atoms with Gasteiger partial charge in [-0.05, 0) is 19.8 Å². The largest absolute Gasteiger partial charge is 0.480 e. The van der Waals surface area contributed by atoms with E-state index in [1.165, 1.54) is 18.3 Å². The first-order chi connectivity index (χ1) is 5.87. The number of rotatable bonds is 4. The van der Waals surface area contributed by atoms with Crippen molar-refractivity contribution in [2.45, 2.75) is 31.1 Å². The molecule has 0 aliphatic heterocycles. The minimum Gasteiger partial charge on any atom is -0.480 e. The van der Waals surface area contributed by atoms with Gasteiger partial charge in [-0.25, -0.2) is 12.7 Å². The lowest BCUT2D eigenvalue weighted by Crippen LogP contribution is -2.39. The van der Waals surface area contributed by atoms with E-state index in [1.807, 2.05) is 0 Å². The minimum atomic E-state index is -3.64. The number of carbonyl (C=O) groups is 1. The molecule has 1 atom stereocenters. The molecule has 0 radical (unpaired) electrons. The molecule has 1 fully saturated rings. The summed E-state index contributed by atoms with van der Waals surface area (Å²) < 4.78 is 24.2. The zero-order valence-corrected chi connectivity index (χ0v) is 8.41. The van der Waals surface area contributed by atoms with E-state index in [-0.39, 0.29) is 6.04 Å². The van der Waals surface area contributed by atoms with Gasteiger partial charge in [0.05, 0.1) is 0 Å². The quantitative estimate of drug-likeness (QED) is 0.697. The lowest BCUT2D eigenvalue weighted by molar-refractivity contribution is -0.136. The first kappa shape index (κ1) is 10.5. The van der Waals surface area contributed by atoms with Crippen molar-refractivity contribution in [3.05, 3.63) is 0 Å². The summed E-state index contributed by atoms with van der Waals surface area (Å²) in [4.78, 5) is 10.5. The SMILES string of the molecule is CC(C(=O)O)S(=O)(=O)N(C)C1CC1. The number of aliphatic carboxylic acids is 1. The van der Waals surface area contributed by atoms with Crippen molar-refractivity contribution in [3.8, 4) is 0 Å². The first-order valence-electron chi connectivity index (χ1n) is 4.07. The maximum absolute atomic E-state index is 11.5. The second-order valence-corrected chi connectivity index (χ2v) is 5.59. The molecule has 1 aliphatic rings.